The first-order chi connectivity index (χ1) is 8.86. The lowest BCUT2D eigenvalue weighted by atomic mass is 9.82. The van der Waals surface area contributed by atoms with Crippen LogP contribution in [0.15, 0.2) is 30.3 Å². The van der Waals surface area contributed by atoms with Gasteiger partial charge in [0.15, 0.2) is 0 Å². The van der Waals surface area contributed by atoms with Gasteiger partial charge in [-0.15, -0.1) is 0 Å². The molecule has 0 spiro atoms. The highest BCUT2D eigenvalue weighted by molar-refractivity contribution is 5.81. The van der Waals surface area contributed by atoms with Crippen LogP contribution in [-0.2, 0) is 4.79 Å². The average molecular weight is 262 g/mol. The summed E-state index contributed by atoms with van der Waals surface area (Å²) in [6, 6.07) is 9.61. The van der Waals surface area contributed by atoms with E-state index in [1.54, 1.807) is 0 Å². The van der Waals surface area contributed by atoms with Crippen molar-refractivity contribution in [3.63, 3.8) is 0 Å². The molecule has 0 radical (unpaired) electrons. The van der Waals surface area contributed by atoms with Crippen molar-refractivity contribution in [2.45, 2.75) is 52.6 Å². The molecule has 0 aliphatic heterocycles. The van der Waals surface area contributed by atoms with Gasteiger partial charge < -0.3 is 11.1 Å². The normalized spacial score (nSPS) is 14.8. The van der Waals surface area contributed by atoms with Crippen LogP contribution in [0.25, 0.3) is 0 Å². The van der Waals surface area contributed by atoms with E-state index in [2.05, 4.69) is 26.1 Å². The number of nitrogens with two attached hydrogens (primary N) is 1. The van der Waals surface area contributed by atoms with E-state index in [4.69, 9.17) is 5.73 Å². The van der Waals surface area contributed by atoms with Crippen LogP contribution in [0.2, 0.25) is 0 Å². The third-order valence-electron chi connectivity index (χ3n) is 3.22. The van der Waals surface area contributed by atoms with Crippen LogP contribution in [0.1, 0.15) is 52.1 Å². The van der Waals surface area contributed by atoms with Gasteiger partial charge in [-0.25, -0.2) is 0 Å². The zero-order valence-corrected chi connectivity index (χ0v) is 12.4. The number of benzene rings is 1. The summed E-state index contributed by atoms with van der Waals surface area (Å²) in [5.74, 6) is -0.0642. The maximum absolute atomic E-state index is 12.1. The van der Waals surface area contributed by atoms with Crippen molar-refractivity contribution in [1.29, 1.82) is 0 Å². The quantitative estimate of drug-likeness (QED) is 0.857. The van der Waals surface area contributed by atoms with Crippen molar-refractivity contribution in [3.8, 4) is 0 Å². The zero-order valence-electron chi connectivity index (χ0n) is 12.4. The van der Waals surface area contributed by atoms with Crippen LogP contribution < -0.4 is 11.1 Å². The molecule has 0 bridgehead atoms. The van der Waals surface area contributed by atoms with Crippen LogP contribution >= 0.6 is 0 Å². The van der Waals surface area contributed by atoms with E-state index >= 15 is 0 Å². The molecule has 0 aliphatic rings. The van der Waals surface area contributed by atoms with E-state index in [0.717, 1.165) is 18.4 Å². The third kappa shape index (κ3) is 4.67. The molecule has 1 unspecified atom stereocenters. The first kappa shape index (κ1) is 15.7. The molecule has 1 aromatic carbocycles. The lowest BCUT2D eigenvalue weighted by Crippen LogP contribution is -2.45. The molecule has 3 nitrogen and oxygen atoms in total. The van der Waals surface area contributed by atoms with Crippen molar-refractivity contribution in [1.82, 2.24) is 5.32 Å². The molecule has 3 heteroatoms. The number of carbonyl (C=O) groups excluding carboxylic acids is 1. The van der Waals surface area contributed by atoms with E-state index in [-0.39, 0.29) is 17.4 Å². The van der Waals surface area contributed by atoms with Gasteiger partial charge in [-0.05, 0) is 17.4 Å². The highest BCUT2D eigenvalue weighted by Crippen LogP contribution is 2.32. The predicted molar refractivity (Wildman–Crippen MR) is 79.7 cm³/mol. The van der Waals surface area contributed by atoms with E-state index in [1.165, 1.54) is 0 Å². The Labute approximate surface area is 116 Å². The molecule has 0 aromatic heterocycles. The van der Waals surface area contributed by atoms with Crippen LogP contribution in [0.4, 0.5) is 0 Å². The third-order valence-corrected chi connectivity index (χ3v) is 3.22. The Kier molecular flexibility index (Phi) is 5.55. The van der Waals surface area contributed by atoms with E-state index in [0.29, 0.717) is 0 Å². The molecule has 0 saturated heterocycles. The van der Waals surface area contributed by atoms with Gasteiger partial charge >= 0.3 is 0 Å². The van der Waals surface area contributed by atoms with E-state index in [1.807, 2.05) is 37.3 Å². The lowest BCUT2D eigenvalue weighted by molar-refractivity contribution is -0.124. The molecule has 0 aliphatic carbocycles. The van der Waals surface area contributed by atoms with Gasteiger partial charge in [0, 0.05) is 0 Å². The Morgan fingerprint density at radius 1 is 1.26 bits per heavy atom. The molecular weight excluding hydrogens is 236 g/mol. The molecule has 0 fully saturated rings. The molecule has 1 rings (SSSR count). The van der Waals surface area contributed by atoms with Gasteiger partial charge in [0.25, 0.3) is 0 Å². The topological polar surface area (TPSA) is 55.1 Å². The van der Waals surface area contributed by atoms with Crippen LogP contribution in [0.3, 0.4) is 0 Å². The minimum absolute atomic E-state index is 0.0240. The van der Waals surface area contributed by atoms with Crippen molar-refractivity contribution < 1.29 is 4.79 Å². The number of carbonyl (C=O) groups is 1. The summed E-state index contributed by atoms with van der Waals surface area (Å²) in [6.45, 7) is 8.40. The van der Waals surface area contributed by atoms with Gasteiger partial charge in [-0.3, -0.25) is 4.79 Å². The number of amides is 1. The zero-order chi connectivity index (χ0) is 14.5. The van der Waals surface area contributed by atoms with Gasteiger partial charge in [0.1, 0.15) is 0 Å². The molecule has 2 atom stereocenters. The summed E-state index contributed by atoms with van der Waals surface area (Å²) in [5.41, 5.74) is 6.95. The highest BCUT2D eigenvalue weighted by Gasteiger charge is 2.28. The predicted octanol–water partition coefficient (Wildman–Crippen LogP) is 3.02. The van der Waals surface area contributed by atoms with Gasteiger partial charge in [0.2, 0.25) is 5.91 Å². The number of rotatable bonds is 5. The number of hydrogen-bond donors (Lipinski definition) is 2. The first-order valence-corrected chi connectivity index (χ1v) is 6.97. The fraction of sp³-hybridized carbons (Fsp3) is 0.562. The van der Waals surface area contributed by atoms with Crippen molar-refractivity contribution in [2.24, 2.45) is 11.1 Å². The Hall–Kier alpha value is -1.35. The van der Waals surface area contributed by atoms with Gasteiger partial charge in [-0.2, -0.15) is 0 Å². The van der Waals surface area contributed by atoms with Crippen molar-refractivity contribution in [3.05, 3.63) is 35.9 Å². The fourth-order valence-electron chi connectivity index (χ4n) is 2.14. The molecule has 1 aromatic rings. The summed E-state index contributed by atoms with van der Waals surface area (Å²) >= 11 is 0. The summed E-state index contributed by atoms with van der Waals surface area (Å²) < 4.78 is 0. The number of nitrogens with one attached hydrogen (secondary N) is 1. The maximum Gasteiger partial charge on any atom is 0.237 e. The van der Waals surface area contributed by atoms with Crippen molar-refractivity contribution >= 4 is 5.91 Å². The monoisotopic (exact) mass is 262 g/mol. The second-order valence-electron chi connectivity index (χ2n) is 6.11. The van der Waals surface area contributed by atoms with E-state index in [9.17, 15) is 4.79 Å². The Bertz CT molecular complexity index is 395. The van der Waals surface area contributed by atoms with E-state index < -0.39 is 6.04 Å². The standard InChI is InChI=1S/C16H26N2O/c1-5-9-13(17)15(19)18-14(16(2,3)4)12-10-7-6-8-11-12/h6-8,10-11,13-14H,5,9,17H2,1-4H3,(H,18,19)/t13-,14?/m1/s1. The Balaban J connectivity index is 2.86. The highest BCUT2D eigenvalue weighted by atomic mass is 16.2. The first-order valence-electron chi connectivity index (χ1n) is 6.97. The molecule has 0 saturated carbocycles. The largest absolute Gasteiger partial charge is 0.347 e. The van der Waals surface area contributed by atoms with Gasteiger partial charge in [0.05, 0.1) is 12.1 Å². The maximum atomic E-state index is 12.1. The summed E-state index contributed by atoms with van der Waals surface area (Å²) in [6.07, 6.45) is 1.64. The molecule has 0 heterocycles. The van der Waals surface area contributed by atoms with Crippen LogP contribution in [0, 0.1) is 5.41 Å². The second-order valence-corrected chi connectivity index (χ2v) is 6.11. The Morgan fingerprint density at radius 2 is 1.84 bits per heavy atom. The molecular formula is C16H26N2O. The minimum atomic E-state index is -0.418. The summed E-state index contributed by atoms with van der Waals surface area (Å²) in [7, 11) is 0. The minimum Gasteiger partial charge on any atom is -0.347 e. The fourth-order valence-corrected chi connectivity index (χ4v) is 2.14. The Morgan fingerprint density at radius 3 is 2.32 bits per heavy atom. The van der Waals surface area contributed by atoms with Crippen molar-refractivity contribution in [2.75, 3.05) is 0 Å². The summed E-state index contributed by atoms with van der Waals surface area (Å²) in [5, 5.41) is 3.09. The summed E-state index contributed by atoms with van der Waals surface area (Å²) in [4.78, 5) is 12.1. The molecule has 106 valence electrons. The smallest absolute Gasteiger partial charge is 0.237 e. The second kappa shape index (κ2) is 6.71. The SMILES string of the molecule is CCC[C@@H](N)C(=O)NC(c1ccccc1)C(C)(C)C. The average Bonchev–Trinajstić information content (AvgIpc) is 2.35. The van der Waals surface area contributed by atoms with Crippen LogP contribution in [-0.4, -0.2) is 11.9 Å². The van der Waals surface area contributed by atoms with Gasteiger partial charge in [-0.1, -0.05) is 64.4 Å². The molecule has 3 N–H and O–H groups in total. The molecule has 19 heavy (non-hydrogen) atoms. The van der Waals surface area contributed by atoms with Crippen LogP contribution in [0.5, 0.6) is 0 Å². The lowest BCUT2D eigenvalue weighted by Gasteiger charge is -2.32. The number of hydrogen-bond acceptors (Lipinski definition) is 2. The molecule has 1 amide bonds.